The van der Waals surface area contributed by atoms with Crippen LogP contribution < -0.4 is 20.9 Å². The van der Waals surface area contributed by atoms with Crippen LogP contribution in [0.5, 0.6) is 5.75 Å². The number of anilines is 2. The van der Waals surface area contributed by atoms with Gasteiger partial charge in [-0.3, -0.25) is 13.9 Å². The third-order valence-electron chi connectivity index (χ3n) is 5.56. The van der Waals surface area contributed by atoms with E-state index in [9.17, 15) is 9.59 Å². The molecule has 8 heteroatoms. The van der Waals surface area contributed by atoms with Gasteiger partial charge in [0.25, 0.3) is 5.56 Å². The van der Waals surface area contributed by atoms with Crippen molar-refractivity contribution < 1.29 is 4.74 Å². The van der Waals surface area contributed by atoms with E-state index in [-0.39, 0.29) is 11.2 Å². The Morgan fingerprint density at radius 2 is 1.97 bits per heavy atom. The van der Waals surface area contributed by atoms with Crippen molar-refractivity contribution >= 4 is 22.8 Å². The smallest absolute Gasteiger partial charge is 0.332 e. The molecule has 0 spiro atoms. The summed E-state index contributed by atoms with van der Waals surface area (Å²) in [6.07, 6.45) is 0.772. The van der Waals surface area contributed by atoms with E-state index in [1.165, 1.54) is 9.13 Å². The first-order chi connectivity index (χ1) is 13.8. The van der Waals surface area contributed by atoms with Gasteiger partial charge in [0.15, 0.2) is 11.2 Å². The molecule has 3 heterocycles. The van der Waals surface area contributed by atoms with Gasteiger partial charge in [0.2, 0.25) is 5.95 Å². The van der Waals surface area contributed by atoms with E-state index in [1.807, 2.05) is 34.6 Å². The van der Waals surface area contributed by atoms with E-state index >= 15 is 0 Å². The third-order valence-corrected chi connectivity index (χ3v) is 5.56. The number of aryl methyl sites for hydroxylation is 2. The monoisotopic (exact) mass is 397 g/mol. The Kier molecular flexibility index (Phi) is 4.72. The summed E-state index contributed by atoms with van der Waals surface area (Å²) in [5, 5.41) is 0. The summed E-state index contributed by atoms with van der Waals surface area (Å²) in [6, 6.07) is 5.98. The summed E-state index contributed by atoms with van der Waals surface area (Å²) < 4.78 is 10.3. The van der Waals surface area contributed by atoms with Crippen LogP contribution in [0, 0.1) is 12.8 Å². The van der Waals surface area contributed by atoms with Crippen molar-refractivity contribution in [2.75, 3.05) is 18.6 Å². The van der Waals surface area contributed by atoms with Crippen molar-refractivity contribution in [1.29, 1.82) is 0 Å². The molecule has 0 saturated carbocycles. The molecule has 0 aliphatic carbocycles. The number of methoxy groups -OCH3 is 1. The summed E-state index contributed by atoms with van der Waals surface area (Å²) in [5.74, 6) is 1.82. The fourth-order valence-corrected chi connectivity index (χ4v) is 3.90. The summed E-state index contributed by atoms with van der Waals surface area (Å²) in [5.41, 5.74) is 2.35. The molecule has 0 radical (unpaired) electrons. The zero-order valence-electron chi connectivity index (χ0n) is 17.6. The molecule has 0 amide bonds. The number of hydrogen-bond donors (Lipinski definition) is 0. The van der Waals surface area contributed by atoms with Crippen molar-refractivity contribution in [2.24, 2.45) is 13.0 Å². The first kappa shape index (κ1) is 19.3. The van der Waals surface area contributed by atoms with Crippen molar-refractivity contribution in [3.63, 3.8) is 0 Å². The van der Waals surface area contributed by atoms with E-state index in [4.69, 9.17) is 9.72 Å². The van der Waals surface area contributed by atoms with Crippen LogP contribution in [0.3, 0.4) is 0 Å². The highest BCUT2D eigenvalue weighted by Crippen LogP contribution is 2.37. The van der Waals surface area contributed by atoms with Gasteiger partial charge in [0, 0.05) is 26.7 Å². The third kappa shape index (κ3) is 3.03. The average Bonchev–Trinajstić information content (AvgIpc) is 3.25. The average molecular weight is 397 g/mol. The van der Waals surface area contributed by atoms with Crippen LogP contribution in [0.2, 0.25) is 0 Å². The Bertz CT molecular complexity index is 1200. The molecule has 0 unspecified atom stereocenters. The predicted octanol–water partition coefficient (Wildman–Crippen LogP) is 2.41. The molecule has 0 atom stereocenters. The summed E-state index contributed by atoms with van der Waals surface area (Å²) >= 11 is 0. The zero-order valence-corrected chi connectivity index (χ0v) is 17.6. The first-order valence-electron chi connectivity index (χ1n) is 9.95. The van der Waals surface area contributed by atoms with Gasteiger partial charge in [-0.25, -0.2) is 4.79 Å². The number of aromatic nitrogens is 4. The lowest BCUT2D eigenvalue weighted by Crippen LogP contribution is -2.40. The molecule has 2 aromatic heterocycles. The molecular weight excluding hydrogens is 370 g/mol. The van der Waals surface area contributed by atoms with Crippen LogP contribution in [0.25, 0.3) is 11.2 Å². The first-order valence-corrected chi connectivity index (χ1v) is 9.95. The zero-order chi connectivity index (χ0) is 20.9. The molecule has 4 rings (SSSR count). The maximum atomic E-state index is 13.2. The molecule has 0 fully saturated rings. The van der Waals surface area contributed by atoms with Gasteiger partial charge in [0.1, 0.15) is 5.75 Å². The second-order valence-corrected chi connectivity index (χ2v) is 8.04. The molecular formula is C21H27N5O3. The predicted molar refractivity (Wildman–Crippen MR) is 113 cm³/mol. The quantitative estimate of drug-likeness (QED) is 0.661. The Labute approximate surface area is 169 Å². The topological polar surface area (TPSA) is 74.3 Å². The van der Waals surface area contributed by atoms with Crippen molar-refractivity contribution in [1.82, 2.24) is 18.7 Å². The minimum Gasteiger partial charge on any atom is -0.495 e. The van der Waals surface area contributed by atoms with Crippen LogP contribution in [0.4, 0.5) is 11.6 Å². The van der Waals surface area contributed by atoms with Gasteiger partial charge in [0.05, 0.1) is 12.8 Å². The summed E-state index contributed by atoms with van der Waals surface area (Å²) in [4.78, 5) is 32.7. The van der Waals surface area contributed by atoms with Crippen LogP contribution >= 0.6 is 0 Å². The van der Waals surface area contributed by atoms with E-state index in [0.717, 1.165) is 23.4 Å². The molecule has 3 aromatic rings. The second-order valence-electron chi connectivity index (χ2n) is 8.04. The van der Waals surface area contributed by atoms with Crippen LogP contribution in [-0.4, -0.2) is 32.3 Å². The molecule has 1 aliphatic rings. The maximum Gasteiger partial charge on any atom is 0.332 e. The number of ether oxygens (including phenoxy) is 1. The van der Waals surface area contributed by atoms with Crippen molar-refractivity contribution in [2.45, 2.75) is 40.3 Å². The highest BCUT2D eigenvalue weighted by Gasteiger charge is 2.30. The number of benzene rings is 1. The highest BCUT2D eigenvalue weighted by molar-refractivity contribution is 5.79. The minimum atomic E-state index is -0.320. The van der Waals surface area contributed by atoms with Gasteiger partial charge in [-0.05, 0) is 37.0 Å². The lowest BCUT2D eigenvalue weighted by atomic mass is 10.1. The van der Waals surface area contributed by atoms with E-state index in [2.05, 4.69) is 13.8 Å². The second kappa shape index (κ2) is 7.09. The minimum absolute atomic E-state index is 0.263. The molecule has 0 bridgehead atoms. The van der Waals surface area contributed by atoms with Gasteiger partial charge < -0.3 is 14.2 Å². The van der Waals surface area contributed by atoms with Crippen LogP contribution in [-0.2, 0) is 20.1 Å². The molecule has 1 aliphatic heterocycles. The summed E-state index contributed by atoms with van der Waals surface area (Å²) in [6.45, 7) is 7.91. The van der Waals surface area contributed by atoms with Gasteiger partial charge in [-0.15, -0.1) is 0 Å². The number of imidazole rings is 1. The Morgan fingerprint density at radius 3 is 2.66 bits per heavy atom. The van der Waals surface area contributed by atoms with Gasteiger partial charge in [-0.1, -0.05) is 19.9 Å². The van der Waals surface area contributed by atoms with Crippen LogP contribution in [0.15, 0.2) is 27.8 Å². The Morgan fingerprint density at radius 1 is 1.21 bits per heavy atom. The van der Waals surface area contributed by atoms with E-state index < -0.39 is 0 Å². The van der Waals surface area contributed by atoms with E-state index in [1.54, 1.807) is 14.2 Å². The molecule has 8 nitrogen and oxygen atoms in total. The van der Waals surface area contributed by atoms with Crippen LogP contribution in [0.1, 0.15) is 25.8 Å². The highest BCUT2D eigenvalue weighted by atomic mass is 16.5. The number of nitrogens with zero attached hydrogens (tertiary/aromatic N) is 5. The summed E-state index contributed by atoms with van der Waals surface area (Å²) in [7, 11) is 3.32. The molecule has 0 N–H and O–H groups in total. The number of fused-ring (bicyclic) bond motifs is 3. The van der Waals surface area contributed by atoms with Gasteiger partial charge in [-0.2, -0.15) is 4.98 Å². The standard InChI is InChI=1S/C21H27N5O3/c1-13(2)8-9-26-19(27)17-18(23(4)21(26)28)22-20-24(10-11-25(17)20)15-12-14(3)6-7-16(15)29-5/h6-7,12-13H,8-11H2,1-5H3. The Balaban J connectivity index is 1.91. The Hall–Kier alpha value is -3.03. The molecule has 0 saturated heterocycles. The number of hydrogen-bond acceptors (Lipinski definition) is 5. The lowest BCUT2D eigenvalue weighted by molar-refractivity contribution is 0.415. The van der Waals surface area contributed by atoms with Gasteiger partial charge >= 0.3 is 5.69 Å². The van der Waals surface area contributed by atoms with E-state index in [0.29, 0.717) is 42.7 Å². The largest absolute Gasteiger partial charge is 0.495 e. The molecule has 154 valence electrons. The lowest BCUT2D eigenvalue weighted by Gasteiger charge is -2.19. The van der Waals surface area contributed by atoms with Crippen molar-refractivity contribution in [3.05, 3.63) is 44.6 Å². The normalized spacial score (nSPS) is 13.5. The fraction of sp³-hybridized carbons (Fsp3) is 0.476. The van der Waals surface area contributed by atoms with Crippen molar-refractivity contribution in [3.8, 4) is 5.75 Å². The molecule has 29 heavy (non-hydrogen) atoms. The molecule has 1 aromatic carbocycles. The maximum absolute atomic E-state index is 13.2. The number of rotatable bonds is 5. The SMILES string of the molecule is COc1ccc(C)cc1N1CCn2c1nc1c2c(=O)n(CCC(C)C)c(=O)n1C. The fourth-order valence-electron chi connectivity index (χ4n) is 3.90.